The van der Waals surface area contributed by atoms with Crippen LogP contribution >= 0.6 is 0 Å². The Labute approximate surface area is 107 Å². The van der Waals surface area contributed by atoms with Gasteiger partial charge in [0.05, 0.1) is 12.0 Å². The minimum atomic E-state index is -0.252. The molecule has 6 heteroatoms. The van der Waals surface area contributed by atoms with Gasteiger partial charge in [-0.15, -0.1) is 0 Å². The lowest BCUT2D eigenvalue weighted by Gasteiger charge is -2.22. The Morgan fingerprint density at radius 3 is 3.00 bits per heavy atom. The number of hydrogen-bond donors (Lipinski definition) is 2. The molecule has 1 fully saturated rings. The van der Waals surface area contributed by atoms with Crippen LogP contribution in [0, 0.1) is 5.41 Å². The summed E-state index contributed by atoms with van der Waals surface area (Å²) in [5, 5.41) is 6.89. The summed E-state index contributed by atoms with van der Waals surface area (Å²) in [4.78, 5) is 14.1. The summed E-state index contributed by atoms with van der Waals surface area (Å²) in [6, 6.07) is 1.79. The van der Waals surface area contributed by atoms with Gasteiger partial charge in [-0.3, -0.25) is 9.48 Å². The van der Waals surface area contributed by atoms with Gasteiger partial charge in [0.1, 0.15) is 5.82 Å². The summed E-state index contributed by atoms with van der Waals surface area (Å²) < 4.78 is 1.84. The van der Waals surface area contributed by atoms with E-state index < -0.39 is 0 Å². The van der Waals surface area contributed by atoms with Gasteiger partial charge < -0.3 is 16.0 Å². The van der Waals surface area contributed by atoms with Crippen LogP contribution in [0.2, 0.25) is 0 Å². The van der Waals surface area contributed by atoms with Crippen molar-refractivity contribution in [2.75, 3.05) is 32.4 Å². The third kappa shape index (κ3) is 2.64. The molecule has 1 aliphatic rings. The molecule has 100 valence electrons. The lowest BCUT2D eigenvalue weighted by Crippen LogP contribution is -2.39. The Balaban J connectivity index is 1.84. The van der Waals surface area contributed by atoms with Crippen LogP contribution in [0.25, 0.3) is 0 Å². The van der Waals surface area contributed by atoms with Crippen molar-refractivity contribution in [3.05, 3.63) is 12.3 Å². The first-order valence-corrected chi connectivity index (χ1v) is 6.27. The molecule has 1 aliphatic heterocycles. The number of nitrogens with one attached hydrogen (secondary N) is 1. The zero-order chi connectivity index (χ0) is 13.2. The van der Waals surface area contributed by atoms with Gasteiger partial charge in [-0.05, 0) is 26.0 Å². The SMILES string of the molecule is CNC(=O)C1(C)CCN(CCn2ccc(N)n2)C1. The lowest BCUT2D eigenvalue weighted by molar-refractivity contribution is -0.129. The Morgan fingerprint density at radius 2 is 2.39 bits per heavy atom. The van der Waals surface area contributed by atoms with E-state index in [0.717, 1.165) is 32.6 Å². The number of aromatic nitrogens is 2. The maximum atomic E-state index is 11.8. The predicted molar refractivity (Wildman–Crippen MR) is 69.9 cm³/mol. The highest BCUT2D eigenvalue weighted by atomic mass is 16.2. The number of amides is 1. The molecule has 0 bridgehead atoms. The van der Waals surface area contributed by atoms with Gasteiger partial charge in [0.15, 0.2) is 0 Å². The zero-order valence-corrected chi connectivity index (χ0v) is 11.0. The van der Waals surface area contributed by atoms with Crippen molar-refractivity contribution < 1.29 is 4.79 Å². The Morgan fingerprint density at radius 1 is 1.61 bits per heavy atom. The minimum Gasteiger partial charge on any atom is -0.382 e. The van der Waals surface area contributed by atoms with Gasteiger partial charge in [0.2, 0.25) is 5.91 Å². The van der Waals surface area contributed by atoms with Gasteiger partial charge in [-0.25, -0.2) is 0 Å². The summed E-state index contributed by atoms with van der Waals surface area (Å²) in [5.74, 6) is 0.681. The van der Waals surface area contributed by atoms with Crippen LogP contribution in [0.5, 0.6) is 0 Å². The van der Waals surface area contributed by atoms with Crippen molar-refractivity contribution >= 4 is 11.7 Å². The molecule has 1 aromatic rings. The molecule has 1 unspecified atom stereocenters. The molecule has 3 N–H and O–H groups in total. The molecule has 0 aliphatic carbocycles. The Kier molecular flexibility index (Phi) is 3.56. The molecule has 0 aromatic carbocycles. The fourth-order valence-electron chi connectivity index (χ4n) is 2.48. The van der Waals surface area contributed by atoms with E-state index in [-0.39, 0.29) is 11.3 Å². The standard InChI is InChI=1S/C12H21N5O/c1-12(11(18)14-2)4-6-16(9-12)7-8-17-5-3-10(13)15-17/h3,5H,4,6-9H2,1-2H3,(H2,13,15)(H,14,18). The van der Waals surface area contributed by atoms with Crippen molar-refractivity contribution in [3.63, 3.8) is 0 Å². The monoisotopic (exact) mass is 251 g/mol. The first-order valence-electron chi connectivity index (χ1n) is 6.27. The van der Waals surface area contributed by atoms with E-state index in [4.69, 9.17) is 5.73 Å². The topological polar surface area (TPSA) is 76.2 Å². The van der Waals surface area contributed by atoms with Crippen LogP contribution in [0.3, 0.4) is 0 Å². The molecule has 2 heterocycles. The third-order valence-electron chi connectivity index (χ3n) is 3.63. The fraction of sp³-hybridized carbons (Fsp3) is 0.667. The number of anilines is 1. The smallest absolute Gasteiger partial charge is 0.227 e. The van der Waals surface area contributed by atoms with Gasteiger partial charge >= 0.3 is 0 Å². The van der Waals surface area contributed by atoms with Crippen LogP contribution in [0.4, 0.5) is 5.82 Å². The average Bonchev–Trinajstić information content (AvgIpc) is 2.93. The number of nitrogens with zero attached hydrogens (tertiary/aromatic N) is 3. The number of hydrogen-bond acceptors (Lipinski definition) is 4. The quantitative estimate of drug-likeness (QED) is 0.785. The highest BCUT2D eigenvalue weighted by Crippen LogP contribution is 2.29. The van der Waals surface area contributed by atoms with Gasteiger partial charge in [0, 0.05) is 26.3 Å². The summed E-state index contributed by atoms with van der Waals surface area (Å²) in [7, 11) is 1.70. The first-order chi connectivity index (χ1) is 8.53. The van der Waals surface area contributed by atoms with E-state index in [2.05, 4.69) is 15.3 Å². The summed E-state index contributed by atoms with van der Waals surface area (Å²) in [6.07, 6.45) is 2.79. The Bertz CT molecular complexity index is 430. The molecule has 2 rings (SSSR count). The van der Waals surface area contributed by atoms with Crippen LogP contribution in [-0.4, -0.2) is 47.3 Å². The molecule has 18 heavy (non-hydrogen) atoms. The average molecular weight is 251 g/mol. The van der Waals surface area contributed by atoms with E-state index in [0.29, 0.717) is 5.82 Å². The molecule has 6 nitrogen and oxygen atoms in total. The van der Waals surface area contributed by atoms with Gasteiger partial charge in [0.25, 0.3) is 0 Å². The molecular weight excluding hydrogens is 230 g/mol. The molecule has 1 aromatic heterocycles. The second-order valence-corrected chi connectivity index (χ2v) is 5.17. The predicted octanol–water partition coefficient (Wildman–Crippen LogP) is -0.0767. The first kappa shape index (κ1) is 12.9. The minimum absolute atomic E-state index is 0.133. The van der Waals surface area contributed by atoms with E-state index >= 15 is 0 Å². The molecule has 1 atom stereocenters. The number of carbonyl (C=O) groups is 1. The third-order valence-corrected chi connectivity index (χ3v) is 3.63. The lowest BCUT2D eigenvalue weighted by atomic mass is 9.89. The molecule has 0 radical (unpaired) electrons. The van der Waals surface area contributed by atoms with E-state index in [1.165, 1.54) is 0 Å². The molecular formula is C12H21N5O. The van der Waals surface area contributed by atoms with Crippen LogP contribution in [0.1, 0.15) is 13.3 Å². The molecule has 1 saturated heterocycles. The fourth-order valence-corrected chi connectivity index (χ4v) is 2.48. The van der Waals surface area contributed by atoms with Crippen molar-refractivity contribution in [2.24, 2.45) is 5.41 Å². The summed E-state index contributed by atoms with van der Waals surface area (Å²) >= 11 is 0. The summed E-state index contributed by atoms with van der Waals surface area (Å²) in [6.45, 7) is 5.50. The molecule has 0 saturated carbocycles. The number of nitrogen functional groups attached to an aromatic ring is 1. The Hall–Kier alpha value is -1.56. The maximum Gasteiger partial charge on any atom is 0.227 e. The summed E-state index contributed by atoms with van der Waals surface area (Å²) in [5.41, 5.74) is 5.31. The number of nitrogens with two attached hydrogens (primary N) is 1. The normalized spacial score (nSPS) is 24.3. The van der Waals surface area contributed by atoms with Crippen LogP contribution in [0.15, 0.2) is 12.3 Å². The van der Waals surface area contributed by atoms with Crippen molar-refractivity contribution in [1.82, 2.24) is 20.0 Å². The van der Waals surface area contributed by atoms with Crippen molar-refractivity contribution in [3.8, 4) is 0 Å². The second-order valence-electron chi connectivity index (χ2n) is 5.17. The van der Waals surface area contributed by atoms with Crippen molar-refractivity contribution in [2.45, 2.75) is 19.9 Å². The van der Waals surface area contributed by atoms with E-state index in [9.17, 15) is 4.79 Å². The highest BCUT2D eigenvalue weighted by molar-refractivity contribution is 5.82. The van der Waals surface area contributed by atoms with E-state index in [1.807, 2.05) is 17.8 Å². The molecule has 0 spiro atoms. The van der Waals surface area contributed by atoms with Crippen molar-refractivity contribution in [1.29, 1.82) is 0 Å². The number of rotatable bonds is 4. The number of carbonyl (C=O) groups excluding carboxylic acids is 1. The maximum absolute atomic E-state index is 11.8. The van der Waals surface area contributed by atoms with Crippen LogP contribution < -0.4 is 11.1 Å². The highest BCUT2D eigenvalue weighted by Gasteiger charge is 2.39. The van der Waals surface area contributed by atoms with Gasteiger partial charge in [-0.1, -0.05) is 0 Å². The van der Waals surface area contributed by atoms with E-state index in [1.54, 1.807) is 13.1 Å². The zero-order valence-electron chi connectivity index (χ0n) is 11.0. The largest absolute Gasteiger partial charge is 0.382 e. The van der Waals surface area contributed by atoms with Crippen LogP contribution in [-0.2, 0) is 11.3 Å². The molecule has 1 amide bonds. The van der Waals surface area contributed by atoms with Gasteiger partial charge in [-0.2, -0.15) is 5.10 Å². The number of likely N-dealkylation sites (tertiary alicyclic amines) is 1. The second kappa shape index (κ2) is 4.97.